The highest BCUT2D eigenvalue weighted by Gasteiger charge is 2.27. The van der Waals surface area contributed by atoms with Gasteiger partial charge in [-0.25, -0.2) is 14.2 Å². The number of carbonyl (C=O) groups is 1. The lowest BCUT2D eigenvalue weighted by Crippen LogP contribution is -2.52. The molecule has 3 rings (SSSR count). The Morgan fingerprint density at radius 3 is 2.54 bits per heavy atom. The van der Waals surface area contributed by atoms with Gasteiger partial charge in [0, 0.05) is 26.2 Å². The van der Waals surface area contributed by atoms with Crippen LogP contribution < -0.4 is 11.0 Å². The fourth-order valence-corrected chi connectivity index (χ4v) is 3.73. The first-order chi connectivity index (χ1) is 13.5. The number of aromatic nitrogens is 2. The first-order valence-corrected chi connectivity index (χ1v) is 9.93. The lowest BCUT2D eigenvalue weighted by molar-refractivity contribution is 0.0364. The van der Waals surface area contributed by atoms with Crippen LogP contribution in [0.1, 0.15) is 26.7 Å². The third kappa shape index (κ3) is 4.29. The number of imidazole rings is 1. The van der Waals surface area contributed by atoms with E-state index in [4.69, 9.17) is 4.74 Å². The molecule has 1 aliphatic heterocycles. The molecule has 1 atom stereocenters. The van der Waals surface area contributed by atoms with Gasteiger partial charge >= 0.3 is 11.7 Å². The van der Waals surface area contributed by atoms with Crippen LogP contribution in [0, 0.1) is 0 Å². The summed E-state index contributed by atoms with van der Waals surface area (Å²) in [5.74, 6) is 0. The van der Waals surface area contributed by atoms with E-state index in [-0.39, 0.29) is 12.3 Å². The molecule has 0 radical (unpaired) electrons. The van der Waals surface area contributed by atoms with Crippen molar-refractivity contribution in [3.8, 4) is 0 Å². The summed E-state index contributed by atoms with van der Waals surface area (Å²) >= 11 is 0. The molecule has 1 aromatic heterocycles. The molecule has 8 nitrogen and oxygen atoms in total. The summed E-state index contributed by atoms with van der Waals surface area (Å²) in [4.78, 5) is 28.3. The third-order valence-electron chi connectivity index (χ3n) is 5.34. The average molecular weight is 390 g/mol. The number of para-hydroxylation sites is 2. The molecule has 2 aromatic rings. The minimum atomic E-state index is -0.762. The molecule has 0 spiro atoms. The van der Waals surface area contributed by atoms with Crippen molar-refractivity contribution in [3.05, 3.63) is 34.7 Å². The van der Waals surface area contributed by atoms with Gasteiger partial charge in [-0.2, -0.15) is 0 Å². The normalized spacial score (nSPS) is 17.5. The zero-order valence-corrected chi connectivity index (χ0v) is 16.7. The summed E-state index contributed by atoms with van der Waals surface area (Å²) in [7, 11) is 0. The standard InChI is InChI=1S/C20H30N4O4/c1-3-8-20(2,15-25)21-18(26)24-17-7-5-4-6-16(17)23(19(24)27)10-9-22-11-13-28-14-12-22/h4-7,25H,3,8-15H2,1-2H3,(H,21,26)/t20-/m0/s1. The Balaban J connectivity index is 1.89. The van der Waals surface area contributed by atoms with Crippen molar-refractivity contribution >= 4 is 17.1 Å². The molecule has 0 saturated carbocycles. The maximum atomic E-state index is 13.1. The number of aliphatic hydroxyl groups is 1. The van der Waals surface area contributed by atoms with Gasteiger partial charge in [0.25, 0.3) is 0 Å². The SMILES string of the molecule is CCC[C@@](C)(CO)NC(=O)n1c(=O)n(CCN2CCOCC2)c2ccccc21. The fraction of sp³-hybridized carbons (Fsp3) is 0.600. The lowest BCUT2D eigenvalue weighted by atomic mass is 9.98. The number of hydrogen-bond acceptors (Lipinski definition) is 5. The molecule has 8 heteroatoms. The molecule has 2 heterocycles. The van der Waals surface area contributed by atoms with Gasteiger partial charge in [0.2, 0.25) is 0 Å². The number of carbonyl (C=O) groups excluding carboxylic acids is 1. The highest BCUT2D eigenvalue weighted by Crippen LogP contribution is 2.15. The van der Waals surface area contributed by atoms with E-state index in [0.717, 1.165) is 31.6 Å². The summed E-state index contributed by atoms with van der Waals surface area (Å²) < 4.78 is 8.20. The second kappa shape index (κ2) is 8.89. The highest BCUT2D eigenvalue weighted by atomic mass is 16.5. The summed E-state index contributed by atoms with van der Waals surface area (Å²) in [5, 5.41) is 12.6. The number of hydrogen-bond donors (Lipinski definition) is 2. The summed E-state index contributed by atoms with van der Waals surface area (Å²) in [5.41, 5.74) is 0.187. The first kappa shape index (κ1) is 20.6. The van der Waals surface area contributed by atoms with Gasteiger partial charge in [0.05, 0.1) is 36.4 Å². The number of nitrogens with one attached hydrogen (secondary N) is 1. The molecule has 1 aliphatic rings. The predicted octanol–water partition coefficient (Wildman–Crippen LogP) is 1.24. The van der Waals surface area contributed by atoms with Crippen LogP contribution >= 0.6 is 0 Å². The van der Waals surface area contributed by atoms with Gasteiger partial charge in [-0.15, -0.1) is 0 Å². The Kier molecular flexibility index (Phi) is 6.53. The van der Waals surface area contributed by atoms with Gasteiger partial charge in [0.15, 0.2) is 0 Å². The fourth-order valence-electron chi connectivity index (χ4n) is 3.73. The molecule has 0 aliphatic carbocycles. The van der Waals surface area contributed by atoms with Crippen LogP contribution in [0.25, 0.3) is 11.0 Å². The number of ether oxygens (including phenoxy) is 1. The van der Waals surface area contributed by atoms with Crippen molar-refractivity contribution in [3.63, 3.8) is 0 Å². The van der Waals surface area contributed by atoms with Crippen molar-refractivity contribution in [2.75, 3.05) is 39.5 Å². The van der Waals surface area contributed by atoms with E-state index in [9.17, 15) is 14.7 Å². The largest absolute Gasteiger partial charge is 0.394 e. The van der Waals surface area contributed by atoms with E-state index in [0.29, 0.717) is 31.7 Å². The van der Waals surface area contributed by atoms with Crippen molar-refractivity contribution < 1.29 is 14.6 Å². The zero-order valence-electron chi connectivity index (χ0n) is 16.7. The van der Waals surface area contributed by atoms with Crippen molar-refractivity contribution in [1.29, 1.82) is 0 Å². The molecule has 2 N–H and O–H groups in total. The smallest absolute Gasteiger partial charge is 0.337 e. The highest BCUT2D eigenvalue weighted by molar-refractivity contribution is 5.89. The van der Waals surface area contributed by atoms with Crippen molar-refractivity contribution in [2.45, 2.75) is 38.8 Å². The second-order valence-electron chi connectivity index (χ2n) is 7.61. The van der Waals surface area contributed by atoms with E-state index in [2.05, 4.69) is 10.2 Å². The number of benzene rings is 1. The van der Waals surface area contributed by atoms with Crippen LogP contribution in [-0.4, -0.2) is 70.2 Å². The van der Waals surface area contributed by atoms with E-state index in [1.807, 2.05) is 25.1 Å². The lowest BCUT2D eigenvalue weighted by Gasteiger charge is -2.28. The van der Waals surface area contributed by atoms with Crippen molar-refractivity contribution in [2.24, 2.45) is 0 Å². The number of aliphatic hydroxyl groups excluding tert-OH is 1. The summed E-state index contributed by atoms with van der Waals surface area (Å²) in [6.45, 7) is 7.93. The topological polar surface area (TPSA) is 88.7 Å². The van der Waals surface area contributed by atoms with E-state index in [1.165, 1.54) is 4.57 Å². The third-order valence-corrected chi connectivity index (χ3v) is 5.34. The van der Waals surface area contributed by atoms with E-state index >= 15 is 0 Å². The van der Waals surface area contributed by atoms with Gasteiger partial charge in [-0.3, -0.25) is 9.47 Å². The monoisotopic (exact) mass is 390 g/mol. The van der Waals surface area contributed by atoms with Crippen LogP contribution in [0.5, 0.6) is 0 Å². The molecule has 28 heavy (non-hydrogen) atoms. The molecule has 0 bridgehead atoms. The van der Waals surface area contributed by atoms with Gasteiger partial charge < -0.3 is 15.2 Å². The van der Waals surface area contributed by atoms with Crippen LogP contribution in [0.2, 0.25) is 0 Å². The van der Waals surface area contributed by atoms with Crippen LogP contribution in [0.4, 0.5) is 4.79 Å². The van der Waals surface area contributed by atoms with Crippen LogP contribution in [0.15, 0.2) is 29.1 Å². The van der Waals surface area contributed by atoms with Gasteiger partial charge in [-0.05, 0) is 25.5 Å². The molecule has 1 amide bonds. The molecule has 1 saturated heterocycles. The molecule has 1 aromatic carbocycles. The molecule has 1 fully saturated rings. The van der Waals surface area contributed by atoms with Gasteiger partial charge in [0.1, 0.15) is 0 Å². The number of amides is 1. The first-order valence-electron chi connectivity index (χ1n) is 9.93. The maximum Gasteiger partial charge on any atom is 0.337 e. The van der Waals surface area contributed by atoms with Gasteiger partial charge in [-0.1, -0.05) is 25.5 Å². The number of morpholine rings is 1. The second-order valence-corrected chi connectivity index (χ2v) is 7.61. The molecular formula is C20H30N4O4. The minimum absolute atomic E-state index is 0.184. The van der Waals surface area contributed by atoms with Crippen LogP contribution in [-0.2, 0) is 11.3 Å². The quantitative estimate of drug-likeness (QED) is 0.743. The molecule has 154 valence electrons. The van der Waals surface area contributed by atoms with E-state index < -0.39 is 11.6 Å². The average Bonchev–Trinajstić information content (AvgIpc) is 2.98. The number of fused-ring (bicyclic) bond motifs is 1. The predicted molar refractivity (Wildman–Crippen MR) is 108 cm³/mol. The molecular weight excluding hydrogens is 360 g/mol. The Hall–Kier alpha value is -2.16. The van der Waals surface area contributed by atoms with Crippen molar-refractivity contribution in [1.82, 2.24) is 19.4 Å². The van der Waals surface area contributed by atoms with Crippen LogP contribution in [0.3, 0.4) is 0 Å². The van der Waals surface area contributed by atoms with E-state index in [1.54, 1.807) is 17.6 Å². The maximum absolute atomic E-state index is 13.1. The Labute approximate surface area is 164 Å². The zero-order chi connectivity index (χ0) is 20.1. The Morgan fingerprint density at radius 1 is 1.21 bits per heavy atom. The summed E-state index contributed by atoms with van der Waals surface area (Å²) in [6, 6.07) is 6.81. The Bertz CT molecular complexity index is 869. The number of nitrogens with zero attached hydrogens (tertiary/aromatic N) is 3. The number of rotatable bonds is 7. The molecule has 0 unspecified atom stereocenters. The summed E-state index contributed by atoms with van der Waals surface area (Å²) in [6.07, 6.45) is 1.44. The Morgan fingerprint density at radius 2 is 1.89 bits per heavy atom. The minimum Gasteiger partial charge on any atom is -0.394 e.